The molecule has 1 aromatic carbocycles. The van der Waals surface area contributed by atoms with Crippen LogP contribution in [0.2, 0.25) is 0 Å². The van der Waals surface area contributed by atoms with Crippen LogP contribution in [0, 0.1) is 12.8 Å². The smallest absolute Gasteiger partial charge is 0.241 e. The minimum absolute atomic E-state index is 0.00691. The van der Waals surface area contributed by atoms with Crippen LogP contribution in [-0.2, 0) is 24.2 Å². The Morgan fingerprint density at radius 1 is 1.14 bits per heavy atom. The van der Waals surface area contributed by atoms with Crippen molar-refractivity contribution in [3.05, 3.63) is 53.3 Å². The highest BCUT2D eigenvalue weighted by atomic mass is 16.2. The molecule has 1 N–H and O–H groups in total. The zero-order chi connectivity index (χ0) is 19.9. The molecule has 1 saturated heterocycles. The summed E-state index contributed by atoms with van der Waals surface area (Å²) in [5, 5.41) is 7.22. The van der Waals surface area contributed by atoms with Gasteiger partial charge in [-0.05, 0) is 82.7 Å². The number of rotatable bonds is 8. The Labute approximate surface area is 169 Å². The van der Waals surface area contributed by atoms with Gasteiger partial charge in [0, 0.05) is 18.8 Å². The van der Waals surface area contributed by atoms with Crippen molar-refractivity contribution in [2.75, 3.05) is 19.6 Å². The number of hydrogen-bond acceptors (Lipinski definition) is 3. The van der Waals surface area contributed by atoms with Crippen molar-refractivity contribution >= 4 is 5.91 Å². The van der Waals surface area contributed by atoms with Crippen LogP contribution in [0.4, 0.5) is 0 Å². The molecule has 3 rings (SSSR count). The maximum absolute atomic E-state index is 12.0. The molecule has 1 amide bonds. The van der Waals surface area contributed by atoms with Crippen molar-refractivity contribution < 1.29 is 4.79 Å². The van der Waals surface area contributed by atoms with Gasteiger partial charge in [0.25, 0.3) is 0 Å². The van der Waals surface area contributed by atoms with E-state index in [1.165, 1.54) is 43.5 Å². The fraction of sp³-hybridized carbons (Fsp3) is 0.565. The number of aromatic nitrogens is 2. The number of nitrogens with zero attached hydrogens (tertiary/aromatic N) is 3. The third kappa shape index (κ3) is 6.20. The summed E-state index contributed by atoms with van der Waals surface area (Å²) in [4.78, 5) is 14.6. The van der Waals surface area contributed by atoms with Gasteiger partial charge in [0.2, 0.25) is 5.91 Å². The number of benzene rings is 1. The summed E-state index contributed by atoms with van der Waals surface area (Å²) in [6.07, 6.45) is 6.49. The summed E-state index contributed by atoms with van der Waals surface area (Å²) in [6, 6.07) is 11.5. The topological polar surface area (TPSA) is 50.2 Å². The zero-order valence-electron chi connectivity index (χ0n) is 17.5. The van der Waals surface area contributed by atoms with E-state index >= 15 is 0 Å². The van der Waals surface area contributed by atoms with Gasteiger partial charge in [-0.3, -0.25) is 9.48 Å². The van der Waals surface area contributed by atoms with Gasteiger partial charge in [-0.1, -0.05) is 24.3 Å². The quantitative estimate of drug-likeness (QED) is 0.763. The highest BCUT2D eigenvalue weighted by Gasteiger charge is 2.20. The lowest BCUT2D eigenvalue weighted by Crippen LogP contribution is -2.38. The summed E-state index contributed by atoms with van der Waals surface area (Å²) in [5.74, 6) is 0.818. The van der Waals surface area contributed by atoms with E-state index in [-0.39, 0.29) is 12.5 Å². The summed E-state index contributed by atoms with van der Waals surface area (Å²) in [5.41, 5.74) is 3.64. The van der Waals surface area contributed by atoms with E-state index in [2.05, 4.69) is 53.4 Å². The van der Waals surface area contributed by atoms with Crippen LogP contribution in [0.25, 0.3) is 0 Å². The summed E-state index contributed by atoms with van der Waals surface area (Å²) in [7, 11) is 0. The molecule has 5 nitrogen and oxygen atoms in total. The average molecular weight is 383 g/mol. The number of piperidine rings is 1. The molecule has 0 aliphatic carbocycles. The standard InChI is InChI=1S/C23H34N4O/c1-18(2)26-13-10-22(11-14-26)16-21-6-4-20(5-7-21)8-12-24-23(28)17-27-15-9-19(3)25-27/h4-7,9,15,18,22H,8,10-14,16-17H2,1-3H3,(H,24,28). The highest BCUT2D eigenvalue weighted by molar-refractivity contribution is 5.75. The largest absolute Gasteiger partial charge is 0.354 e. The van der Waals surface area contributed by atoms with E-state index in [0.29, 0.717) is 12.6 Å². The van der Waals surface area contributed by atoms with Crippen molar-refractivity contribution in [1.82, 2.24) is 20.0 Å². The van der Waals surface area contributed by atoms with Crippen molar-refractivity contribution in [2.45, 2.75) is 59.0 Å². The lowest BCUT2D eigenvalue weighted by atomic mass is 9.89. The van der Waals surface area contributed by atoms with E-state index in [9.17, 15) is 4.79 Å². The molecule has 152 valence electrons. The molecule has 0 bridgehead atoms. The molecular weight excluding hydrogens is 348 g/mol. The second-order valence-electron chi connectivity index (χ2n) is 8.35. The first-order valence-corrected chi connectivity index (χ1v) is 10.6. The van der Waals surface area contributed by atoms with Crippen LogP contribution in [0.1, 0.15) is 43.5 Å². The van der Waals surface area contributed by atoms with Crippen LogP contribution >= 0.6 is 0 Å². The molecular formula is C23H34N4O. The highest BCUT2D eigenvalue weighted by Crippen LogP contribution is 2.23. The number of nitrogens with one attached hydrogen (secondary N) is 1. The number of amides is 1. The first-order chi connectivity index (χ1) is 13.5. The Balaban J connectivity index is 1.37. The first-order valence-electron chi connectivity index (χ1n) is 10.6. The van der Waals surface area contributed by atoms with Gasteiger partial charge < -0.3 is 10.2 Å². The lowest BCUT2D eigenvalue weighted by molar-refractivity contribution is -0.121. The van der Waals surface area contributed by atoms with E-state index in [0.717, 1.165) is 18.0 Å². The van der Waals surface area contributed by atoms with Gasteiger partial charge in [0.15, 0.2) is 0 Å². The maximum Gasteiger partial charge on any atom is 0.241 e. The average Bonchev–Trinajstić information content (AvgIpc) is 3.08. The van der Waals surface area contributed by atoms with Gasteiger partial charge in [0.1, 0.15) is 6.54 Å². The number of carbonyl (C=O) groups is 1. The fourth-order valence-corrected chi connectivity index (χ4v) is 3.95. The van der Waals surface area contributed by atoms with E-state index in [4.69, 9.17) is 0 Å². The molecule has 0 unspecified atom stereocenters. The van der Waals surface area contributed by atoms with E-state index in [1.54, 1.807) is 4.68 Å². The Hall–Kier alpha value is -2.14. The Morgan fingerprint density at radius 2 is 1.82 bits per heavy atom. The molecule has 1 aromatic heterocycles. The monoisotopic (exact) mass is 382 g/mol. The van der Waals surface area contributed by atoms with Gasteiger partial charge in [-0.2, -0.15) is 5.10 Å². The van der Waals surface area contributed by atoms with Crippen molar-refractivity contribution in [3.63, 3.8) is 0 Å². The van der Waals surface area contributed by atoms with Gasteiger partial charge in [-0.15, -0.1) is 0 Å². The predicted octanol–water partition coefficient (Wildman–Crippen LogP) is 3.21. The van der Waals surface area contributed by atoms with Crippen LogP contribution < -0.4 is 5.32 Å². The van der Waals surface area contributed by atoms with Crippen molar-refractivity contribution in [2.24, 2.45) is 5.92 Å². The normalized spacial score (nSPS) is 15.9. The summed E-state index contributed by atoms with van der Waals surface area (Å²) >= 11 is 0. The second-order valence-corrected chi connectivity index (χ2v) is 8.35. The molecule has 0 spiro atoms. The molecule has 1 fully saturated rings. The molecule has 28 heavy (non-hydrogen) atoms. The first kappa shape index (κ1) is 20.6. The Bertz CT molecular complexity index is 742. The fourth-order valence-electron chi connectivity index (χ4n) is 3.95. The molecule has 0 radical (unpaired) electrons. The Morgan fingerprint density at radius 3 is 2.43 bits per heavy atom. The minimum Gasteiger partial charge on any atom is -0.354 e. The molecule has 5 heteroatoms. The van der Waals surface area contributed by atoms with Crippen LogP contribution in [0.15, 0.2) is 36.5 Å². The second kappa shape index (κ2) is 9.87. The van der Waals surface area contributed by atoms with Gasteiger partial charge >= 0.3 is 0 Å². The molecule has 1 aliphatic heterocycles. The number of hydrogen-bond donors (Lipinski definition) is 1. The van der Waals surface area contributed by atoms with E-state index in [1.807, 2.05) is 19.2 Å². The van der Waals surface area contributed by atoms with Gasteiger partial charge in [0.05, 0.1) is 5.69 Å². The van der Waals surface area contributed by atoms with Crippen molar-refractivity contribution in [3.8, 4) is 0 Å². The Kier molecular flexibility index (Phi) is 7.26. The summed E-state index contributed by atoms with van der Waals surface area (Å²) < 4.78 is 1.67. The number of aryl methyl sites for hydroxylation is 1. The molecule has 0 saturated carbocycles. The zero-order valence-corrected chi connectivity index (χ0v) is 17.5. The maximum atomic E-state index is 12.0. The lowest BCUT2D eigenvalue weighted by Gasteiger charge is -2.34. The van der Waals surface area contributed by atoms with Crippen LogP contribution in [0.3, 0.4) is 0 Å². The number of likely N-dealkylation sites (tertiary alicyclic amines) is 1. The third-order valence-corrected chi connectivity index (χ3v) is 5.74. The molecule has 0 atom stereocenters. The van der Waals surface area contributed by atoms with Crippen LogP contribution in [-0.4, -0.2) is 46.3 Å². The molecule has 2 heterocycles. The molecule has 2 aromatic rings. The minimum atomic E-state index is 0.00691. The van der Waals surface area contributed by atoms with E-state index < -0.39 is 0 Å². The predicted molar refractivity (Wildman–Crippen MR) is 113 cm³/mol. The van der Waals surface area contributed by atoms with Gasteiger partial charge in [-0.25, -0.2) is 0 Å². The third-order valence-electron chi connectivity index (χ3n) is 5.74. The molecule has 1 aliphatic rings. The van der Waals surface area contributed by atoms with Crippen LogP contribution in [0.5, 0.6) is 0 Å². The van der Waals surface area contributed by atoms with Crippen molar-refractivity contribution in [1.29, 1.82) is 0 Å². The number of carbonyl (C=O) groups excluding carboxylic acids is 1. The summed E-state index contributed by atoms with van der Waals surface area (Å²) in [6.45, 7) is 9.91. The SMILES string of the molecule is Cc1ccn(CC(=O)NCCc2ccc(CC3CCN(C(C)C)CC3)cc2)n1.